The maximum absolute atomic E-state index is 12.3. The standard InChI is InChI=1S/C25H29NO3/c1-18(29-22-13-10-21(11-14-22)25(2,3)4)24(27)26-15-16-28-23-12-9-19-7-5-6-8-20(19)17-23/h5-14,17-18H,15-16H2,1-4H3,(H,26,27)/t18-/m0/s1. The quantitative estimate of drug-likeness (QED) is 0.570. The normalized spacial score (nSPS) is 12.4. The van der Waals surface area contributed by atoms with Crippen molar-refractivity contribution in [3.8, 4) is 11.5 Å². The predicted molar refractivity (Wildman–Crippen MR) is 118 cm³/mol. The minimum atomic E-state index is -0.573. The van der Waals surface area contributed by atoms with Gasteiger partial charge in [0.1, 0.15) is 18.1 Å². The zero-order valence-electron chi connectivity index (χ0n) is 17.6. The fourth-order valence-corrected chi connectivity index (χ4v) is 3.04. The fraction of sp³-hybridized carbons (Fsp3) is 0.320. The highest BCUT2D eigenvalue weighted by Gasteiger charge is 2.16. The Morgan fingerprint density at radius 2 is 1.59 bits per heavy atom. The van der Waals surface area contributed by atoms with Crippen molar-refractivity contribution in [3.05, 3.63) is 72.3 Å². The van der Waals surface area contributed by atoms with Gasteiger partial charge in [0.15, 0.2) is 6.10 Å². The Hall–Kier alpha value is -3.01. The first-order valence-corrected chi connectivity index (χ1v) is 9.99. The van der Waals surface area contributed by atoms with Crippen LogP contribution in [0.3, 0.4) is 0 Å². The monoisotopic (exact) mass is 391 g/mol. The lowest BCUT2D eigenvalue weighted by molar-refractivity contribution is -0.127. The molecular formula is C25H29NO3. The summed E-state index contributed by atoms with van der Waals surface area (Å²) < 4.78 is 11.5. The van der Waals surface area contributed by atoms with Gasteiger partial charge in [-0.3, -0.25) is 4.79 Å². The lowest BCUT2D eigenvalue weighted by Gasteiger charge is -2.20. The maximum Gasteiger partial charge on any atom is 0.260 e. The van der Waals surface area contributed by atoms with E-state index >= 15 is 0 Å². The Morgan fingerprint density at radius 3 is 2.28 bits per heavy atom. The molecule has 4 heteroatoms. The van der Waals surface area contributed by atoms with Crippen molar-refractivity contribution in [1.82, 2.24) is 5.32 Å². The van der Waals surface area contributed by atoms with Crippen molar-refractivity contribution in [2.75, 3.05) is 13.2 Å². The van der Waals surface area contributed by atoms with E-state index < -0.39 is 6.10 Å². The third-order valence-corrected chi connectivity index (χ3v) is 4.79. The average molecular weight is 392 g/mol. The Bertz CT molecular complexity index is 958. The molecule has 0 saturated heterocycles. The van der Waals surface area contributed by atoms with Crippen LogP contribution in [0.25, 0.3) is 10.8 Å². The third kappa shape index (κ3) is 5.74. The van der Waals surface area contributed by atoms with Crippen molar-refractivity contribution in [3.63, 3.8) is 0 Å². The summed E-state index contributed by atoms with van der Waals surface area (Å²) in [5.41, 5.74) is 1.32. The summed E-state index contributed by atoms with van der Waals surface area (Å²) in [6.45, 7) is 9.06. The molecule has 0 aliphatic rings. The molecule has 0 heterocycles. The van der Waals surface area contributed by atoms with Crippen LogP contribution >= 0.6 is 0 Å². The lowest BCUT2D eigenvalue weighted by Crippen LogP contribution is -2.38. The van der Waals surface area contributed by atoms with Crippen molar-refractivity contribution >= 4 is 16.7 Å². The number of ether oxygens (including phenoxy) is 2. The van der Waals surface area contributed by atoms with E-state index in [1.807, 2.05) is 54.6 Å². The first-order valence-electron chi connectivity index (χ1n) is 9.99. The van der Waals surface area contributed by atoms with E-state index in [0.29, 0.717) is 18.9 Å². The van der Waals surface area contributed by atoms with Crippen LogP contribution in [0.15, 0.2) is 66.7 Å². The third-order valence-electron chi connectivity index (χ3n) is 4.79. The van der Waals surface area contributed by atoms with Crippen LogP contribution in [-0.2, 0) is 10.2 Å². The van der Waals surface area contributed by atoms with Gasteiger partial charge >= 0.3 is 0 Å². The second-order valence-corrected chi connectivity index (χ2v) is 8.18. The zero-order valence-corrected chi connectivity index (χ0v) is 17.6. The van der Waals surface area contributed by atoms with Crippen LogP contribution in [0.2, 0.25) is 0 Å². The molecule has 0 radical (unpaired) electrons. The molecule has 4 nitrogen and oxygen atoms in total. The van der Waals surface area contributed by atoms with Crippen molar-refractivity contribution in [2.45, 2.75) is 39.2 Å². The summed E-state index contributed by atoms with van der Waals surface area (Å²) in [7, 11) is 0. The van der Waals surface area contributed by atoms with Crippen LogP contribution in [-0.4, -0.2) is 25.2 Å². The number of carbonyl (C=O) groups excluding carboxylic acids is 1. The van der Waals surface area contributed by atoms with Gasteiger partial charge in [0, 0.05) is 0 Å². The Balaban J connectivity index is 1.43. The molecule has 152 valence electrons. The highest BCUT2D eigenvalue weighted by Crippen LogP contribution is 2.24. The van der Waals surface area contributed by atoms with Gasteiger partial charge in [-0.25, -0.2) is 0 Å². The van der Waals surface area contributed by atoms with E-state index in [1.165, 1.54) is 10.9 Å². The lowest BCUT2D eigenvalue weighted by atomic mass is 9.87. The molecular weight excluding hydrogens is 362 g/mol. The van der Waals surface area contributed by atoms with Crippen LogP contribution < -0.4 is 14.8 Å². The van der Waals surface area contributed by atoms with Gasteiger partial charge in [-0.15, -0.1) is 0 Å². The van der Waals surface area contributed by atoms with E-state index in [1.54, 1.807) is 6.92 Å². The van der Waals surface area contributed by atoms with Crippen molar-refractivity contribution in [2.24, 2.45) is 0 Å². The minimum absolute atomic E-state index is 0.0898. The highest BCUT2D eigenvalue weighted by atomic mass is 16.5. The minimum Gasteiger partial charge on any atom is -0.492 e. The number of hydrogen-bond acceptors (Lipinski definition) is 3. The van der Waals surface area contributed by atoms with Gasteiger partial charge in [0.05, 0.1) is 6.54 Å². The first kappa shape index (κ1) is 20.7. The molecule has 0 aliphatic heterocycles. The maximum atomic E-state index is 12.3. The smallest absolute Gasteiger partial charge is 0.260 e. The Morgan fingerprint density at radius 1 is 0.931 bits per heavy atom. The van der Waals surface area contributed by atoms with Crippen LogP contribution in [0.1, 0.15) is 33.3 Å². The molecule has 0 aromatic heterocycles. The summed E-state index contributed by atoms with van der Waals surface area (Å²) in [6, 6.07) is 22.0. The van der Waals surface area contributed by atoms with Gasteiger partial charge in [0.2, 0.25) is 0 Å². The topological polar surface area (TPSA) is 47.6 Å². The van der Waals surface area contributed by atoms with Crippen molar-refractivity contribution in [1.29, 1.82) is 0 Å². The summed E-state index contributed by atoms with van der Waals surface area (Å²) >= 11 is 0. The molecule has 0 saturated carbocycles. The molecule has 1 N–H and O–H groups in total. The number of rotatable bonds is 7. The molecule has 0 unspecified atom stereocenters. The second-order valence-electron chi connectivity index (χ2n) is 8.18. The number of fused-ring (bicyclic) bond motifs is 1. The largest absolute Gasteiger partial charge is 0.492 e. The van der Waals surface area contributed by atoms with E-state index in [4.69, 9.17) is 9.47 Å². The van der Waals surface area contributed by atoms with Crippen LogP contribution in [0, 0.1) is 0 Å². The number of nitrogens with one attached hydrogen (secondary N) is 1. The highest BCUT2D eigenvalue weighted by molar-refractivity contribution is 5.83. The number of amides is 1. The van der Waals surface area contributed by atoms with Crippen LogP contribution in [0.5, 0.6) is 11.5 Å². The van der Waals surface area contributed by atoms with Gasteiger partial charge < -0.3 is 14.8 Å². The molecule has 0 bridgehead atoms. The van der Waals surface area contributed by atoms with E-state index in [2.05, 4.69) is 38.2 Å². The zero-order chi connectivity index (χ0) is 20.9. The molecule has 3 rings (SSSR count). The summed E-state index contributed by atoms with van der Waals surface area (Å²) in [5.74, 6) is 1.32. The SMILES string of the molecule is C[C@H](Oc1ccc(C(C)(C)C)cc1)C(=O)NCCOc1ccc2ccccc2c1. The Labute approximate surface area is 172 Å². The summed E-state index contributed by atoms with van der Waals surface area (Å²) in [5, 5.41) is 5.17. The molecule has 0 fully saturated rings. The first-order chi connectivity index (χ1) is 13.8. The molecule has 1 amide bonds. The number of hydrogen-bond donors (Lipinski definition) is 1. The molecule has 3 aromatic rings. The average Bonchev–Trinajstić information content (AvgIpc) is 2.70. The number of benzene rings is 3. The van der Waals surface area contributed by atoms with Gasteiger partial charge in [-0.05, 0) is 52.9 Å². The van der Waals surface area contributed by atoms with Gasteiger partial charge in [-0.1, -0.05) is 63.2 Å². The van der Waals surface area contributed by atoms with E-state index in [0.717, 1.165) is 11.1 Å². The van der Waals surface area contributed by atoms with E-state index in [9.17, 15) is 4.79 Å². The van der Waals surface area contributed by atoms with E-state index in [-0.39, 0.29) is 11.3 Å². The summed E-state index contributed by atoms with van der Waals surface area (Å²) in [6.07, 6.45) is -0.573. The predicted octanol–water partition coefficient (Wildman–Crippen LogP) is 5.10. The second kappa shape index (κ2) is 8.99. The van der Waals surface area contributed by atoms with Gasteiger partial charge in [0.25, 0.3) is 5.91 Å². The fourth-order valence-electron chi connectivity index (χ4n) is 3.04. The molecule has 0 aliphatic carbocycles. The van der Waals surface area contributed by atoms with Gasteiger partial charge in [-0.2, -0.15) is 0 Å². The molecule has 29 heavy (non-hydrogen) atoms. The molecule has 3 aromatic carbocycles. The van der Waals surface area contributed by atoms with Crippen molar-refractivity contribution < 1.29 is 14.3 Å². The summed E-state index contributed by atoms with van der Waals surface area (Å²) in [4.78, 5) is 12.3. The molecule has 1 atom stereocenters. The number of carbonyl (C=O) groups is 1. The molecule has 0 spiro atoms. The van der Waals surface area contributed by atoms with Crippen LogP contribution in [0.4, 0.5) is 0 Å². The Kier molecular flexibility index (Phi) is 6.42.